The molecule has 0 saturated carbocycles. The van der Waals surface area contributed by atoms with Crippen molar-refractivity contribution in [2.24, 2.45) is 5.10 Å². The highest BCUT2D eigenvalue weighted by Crippen LogP contribution is 2.34. The Labute approximate surface area is 237 Å². The molecule has 2 amide bonds. The van der Waals surface area contributed by atoms with Crippen molar-refractivity contribution >= 4 is 40.5 Å². The summed E-state index contributed by atoms with van der Waals surface area (Å²) in [4.78, 5) is 32.4. The number of hydrogen-bond acceptors (Lipinski definition) is 7. The molecule has 2 aliphatic rings. The Bertz CT molecular complexity index is 1290. The molecule has 0 unspecified atom stereocenters. The molecule has 0 aliphatic carbocycles. The maximum Gasteiger partial charge on any atom is 0.262 e. The van der Waals surface area contributed by atoms with Crippen molar-refractivity contribution in [3.05, 3.63) is 87.1 Å². The van der Waals surface area contributed by atoms with Gasteiger partial charge in [0.05, 0.1) is 37.0 Å². The minimum absolute atomic E-state index is 0.0828. The molecule has 3 aromatic rings. The summed E-state index contributed by atoms with van der Waals surface area (Å²) in [5, 5.41) is 8.94. The van der Waals surface area contributed by atoms with Gasteiger partial charge < -0.3 is 14.4 Å². The van der Waals surface area contributed by atoms with Gasteiger partial charge in [-0.3, -0.25) is 14.5 Å². The smallest absolute Gasteiger partial charge is 0.262 e. The summed E-state index contributed by atoms with van der Waals surface area (Å²) < 4.78 is 10.7. The van der Waals surface area contributed by atoms with Crippen molar-refractivity contribution in [3.8, 4) is 5.75 Å². The average Bonchev–Trinajstić information content (AvgIpc) is 3.67. The Morgan fingerprint density at radius 3 is 2.51 bits per heavy atom. The second-order valence-electron chi connectivity index (χ2n) is 9.44. The van der Waals surface area contributed by atoms with E-state index in [1.165, 1.54) is 0 Å². The molecule has 3 heterocycles. The van der Waals surface area contributed by atoms with E-state index in [2.05, 4.69) is 4.90 Å². The van der Waals surface area contributed by atoms with Crippen LogP contribution >= 0.6 is 22.9 Å². The van der Waals surface area contributed by atoms with Crippen LogP contribution in [0.25, 0.3) is 0 Å². The number of ether oxygens (including phenoxy) is 2. The van der Waals surface area contributed by atoms with Crippen LogP contribution in [0.4, 0.5) is 0 Å². The van der Waals surface area contributed by atoms with Crippen LogP contribution < -0.4 is 4.74 Å². The first kappa shape index (κ1) is 27.3. The monoisotopic (exact) mass is 566 g/mol. The topological polar surface area (TPSA) is 74.7 Å². The number of hydrazone groups is 1. The third-order valence-electron chi connectivity index (χ3n) is 6.97. The van der Waals surface area contributed by atoms with E-state index in [4.69, 9.17) is 26.2 Å². The number of morpholine rings is 1. The molecular formula is C29H31ClN4O4S. The molecule has 0 N–H and O–H groups in total. The molecule has 2 aromatic carbocycles. The fraction of sp³-hybridized carbons (Fsp3) is 0.345. The van der Waals surface area contributed by atoms with Gasteiger partial charge in [0.2, 0.25) is 0 Å². The van der Waals surface area contributed by atoms with E-state index in [0.717, 1.165) is 29.2 Å². The first-order chi connectivity index (χ1) is 19.0. The summed E-state index contributed by atoms with van der Waals surface area (Å²) in [6, 6.07) is 18.2. The number of carbonyl (C=O) groups is 2. The predicted molar refractivity (Wildman–Crippen MR) is 153 cm³/mol. The molecule has 39 heavy (non-hydrogen) atoms. The zero-order chi connectivity index (χ0) is 27.2. The van der Waals surface area contributed by atoms with Gasteiger partial charge in [-0.1, -0.05) is 29.8 Å². The minimum Gasteiger partial charge on any atom is -0.497 e. The Morgan fingerprint density at radius 2 is 1.85 bits per heavy atom. The molecule has 1 atom stereocenters. The average molecular weight is 567 g/mol. The first-order valence-corrected chi connectivity index (χ1v) is 14.2. The Balaban J connectivity index is 1.38. The van der Waals surface area contributed by atoms with E-state index in [1.54, 1.807) is 52.6 Å². The Hall–Kier alpha value is -3.24. The van der Waals surface area contributed by atoms with Crippen molar-refractivity contribution < 1.29 is 19.1 Å². The molecule has 0 spiro atoms. The third-order valence-corrected chi connectivity index (χ3v) is 8.14. The minimum atomic E-state index is -0.274. The van der Waals surface area contributed by atoms with Gasteiger partial charge in [-0.2, -0.15) is 5.10 Å². The standard InChI is InChI=1S/C29H31ClN4O4S/c1-37-24-10-6-22(7-11-24)29(36)33(13-12-32-14-16-38-17-15-32)20-28(35)34-26(21-4-8-23(30)9-5-21)19-25(31-34)27-3-2-18-39-27/h2-11,18,26H,12-17,19-20H2,1H3/t26-/m0/s1. The molecule has 1 aromatic heterocycles. The van der Waals surface area contributed by atoms with E-state index >= 15 is 0 Å². The third kappa shape index (κ3) is 6.67. The number of rotatable bonds is 9. The normalized spacial score (nSPS) is 17.6. The number of methoxy groups -OCH3 is 1. The van der Waals surface area contributed by atoms with Gasteiger partial charge in [-0.05, 0) is 53.4 Å². The second-order valence-corrected chi connectivity index (χ2v) is 10.8. The number of amides is 2. The zero-order valence-electron chi connectivity index (χ0n) is 21.8. The van der Waals surface area contributed by atoms with Crippen LogP contribution in [0.1, 0.15) is 33.3 Å². The van der Waals surface area contributed by atoms with E-state index in [-0.39, 0.29) is 24.4 Å². The maximum atomic E-state index is 13.9. The van der Waals surface area contributed by atoms with Crippen molar-refractivity contribution in [2.45, 2.75) is 12.5 Å². The summed E-state index contributed by atoms with van der Waals surface area (Å²) >= 11 is 7.73. The van der Waals surface area contributed by atoms with Crippen LogP contribution in [0, 0.1) is 0 Å². The van der Waals surface area contributed by atoms with Gasteiger partial charge in [-0.15, -0.1) is 11.3 Å². The molecule has 8 nitrogen and oxygen atoms in total. The van der Waals surface area contributed by atoms with Crippen molar-refractivity contribution in [1.29, 1.82) is 0 Å². The van der Waals surface area contributed by atoms with Crippen molar-refractivity contribution in [3.63, 3.8) is 0 Å². The van der Waals surface area contributed by atoms with Gasteiger partial charge in [0.25, 0.3) is 11.8 Å². The van der Waals surface area contributed by atoms with Gasteiger partial charge in [-0.25, -0.2) is 5.01 Å². The fourth-order valence-corrected chi connectivity index (χ4v) is 5.61. The molecule has 1 saturated heterocycles. The van der Waals surface area contributed by atoms with Gasteiger partial charge in [0, 0.05) is 43.2 Å². The van der Waals surface area contributed by atoms with E-state index < -0.39 is 0 Å². The van der Waals surface area contributed by atoms with Gasteiger partial charge in [0.15, 0.2) is 0 Å². The van der Waals surface area contributed by atoms with Gasteiger partial charge >= 0.3 is 0 Å². The molecule has 0 bridgehead atoms. The summed E-state index contributed by atoms with van der Waals surface area (Å²) in [6.07, 6.45) is 0.591. The number of thiophene rings is 1. The van der Waals surface area contributed by atoms with Crippen LogP contribution in [-0.4, -0.2) is 85.4 Å². The predicted octanol–water partition coefficient (Wildman–Crippen LogP) is 4.56. The van der Waals surface area contributed by atoms with E-state index in [0.29, 0.717) is 49.1 Å². The number of carbonyl (C=O) groups excluding carboxylic acids is 2. The molecule has 0 radical (unpaired) electrons. The molecule has 204 valence electrons. The van der Waals surface area contributed by atoms with Crippen LogP contribution in [0.2, 0.25) is 5.02 Å². The number of nitrogens with zero attached hydrogens (tertiary/aromatic N) is 4. The van der Waals surface area contributed by atoms with E-state index in [1.807, 2.05) is 41.8 Å². The maximum absolute atomic E-state index is 13.9. The molecule has 10 heteroatoms. The number of halogens is 1. The largest absolute Gasteiger partial charge is 0.497 e. The quantitative estimate of drug-likeness (QED) is 0.379. The molecule has 1 fully saturated rings. The SMILES string of the molecule is COc1ccc(C(=O)N(CCN2CCOCC2)CC(=O)N2N=C(c3cccs3)C[C@H]2c2ccc(Cl)cc2)cc1. The summed E-state index contributed by atoms with van der Waals surface area (Å²) in [6.45, 7) is 3.93. The van der Waals surface area contributed by atoms with E-state index in [9.17, 15) is 9.59 Å². The lowest BCUT2D eigenvalue weighted by Gasteiger charge is -2.31. The van der Waals surface area contributed by atoms with Crippen LogP contribution in [-0.2, 0) is 9.53 Å². The highest BCUT2D eigenvalue weighted by atomic mass is 35.5. The van der Waals surface area contributed by atoms with Crippen LogP contribution in [0.3, 0.4) is 0 Å². The summed E-state index contributed by atoms with van der Waals surface area (Å²) in [5.74, 6) is 0.232. The first-order valence-electron chi connectivity index (χ1n) is 12.9. The summed E-state index contributed by atoms with van der Waals surface area (Å²) in [7, 11) is 1.59. The van der Waals surface area contributed by atoms with Crippen LogP contribution in [0.15, 0.2) is 71.1 Å². The lowest BCUT2D eigenvalue weighted by molar-refractivity contribution is -0.133. The highest BCUT2D eigenvalue weighted by Gasteiger charge is 2.35. The number of benzene rings is 2. The molecular weight excluding hydrogens is 536 g/mol. The molecule has 2 aliphatic heterocycles. The lowest BCUT2D eigenvalue weighted by atomic mass is 10.0. The second kappa shape index (κ2) is 12.7. The van der Waals surface area contributed by atoms with Gasteiger partial charge in [0.1, 0.15) is 12.3 Å². The van der Waals surface area contributed by atoms with Crippen molar-refractivity contribution in [1.82, 2.24) is 14.8 Å². The van der Waals surface area contributed by atoms with Crippen LogP contribution in [0.5, 0.6) is 5.75 Å². The Morgan fingerprint density at radius 1 is 1.10 bits per heavy atom. The summed E-state index contributed by atoms with van der Waals surface area (Å²) in [5.41, 5.74) is 2.31. The molecule has 5 rings (SSSR count). The van der Waals surface area contributed by atoms with Crippen molar-refractivity contribution in [2.75, 3.05) is 53.0 Å². The zero-order valence-corrected chi connectivity index (χ0v) is 23.4. The lowest BCUT2D eigenvalue weighted by Crippen LogP contribution is -2.46. The number of hydrogen-bond donors (Lipinski definition) is 0. The Kier molecular flexibility index (Phi) is 8.93. The fourth-order valence-electron chi connectivity index (χ4n) is 4.77. The highest BCUT2D eigenvalue weighted by molar-refractivity contribution is 7.12.